The van der Waals surface area contributed by atoms with Crippen molar-refractivity contribution in [3.63, 3.8) is 0 Å². The number of aliphatic imine (C=N–C) groups is 1. The Bertz CT molecular complexity index is 518. The van der Waals surface area contributed by atoms with Crippen molar-refractivity contribution in [2.24, 2.45) is 10.9 Å². The van der Waals surface area contributed by atoms with E-state index >= 15 is 0 Å². The van der Waals surface area contributed by atoms with Gasteiger partial charge in [0.15, 0.2) is 17.5 Å². The first-order chi connectivity index (χ1) is 10.3. The second-order valence-electron chi connectivity index (χ2n) is 5.57. The molecule has 0 amide bonds. The maximum atomic E-state index is 5.70. The minimum absolute atomic E-state index is 0. The summed E-state index contributed by atoms with van der Waals surface area (Å²) in [6.07, 6.45) is 4.91. The lowest BCUT2D eigenvalue weighted by atomic mass is 10.2. The van der Waals surface area contributed by atoms with E-state index < -0.39 is 0 Å². The average Bonchev–Trinajstić information content (AvgIpc) is 3.32. The Balaban J connectivity index is 0.00000176. The van der Waals surface area contributed by atoms with E-state index in [9.17, 15) is 0 Å². The molecule has 0 unspecified atom stereocenters. The predicted octanol–water partition coefficient (Wildman–Crippen LogP) is 3.25. The molecular weight excluding hydrogens is 393 g/mol. The van der Waals surface area contributed by atoms with Gasteiger partial charge in [0.25, 0.3) is 0 Å². The number of rotatable bonds is 4. The standard InChI is InChI=1S/C16H23N3O2.HI/c1-17-16(18-8-7-12-3-4-12)19-13-5-6-14-15(11-13)21-10-2-9-20-14;/h5-6,11-12H,2-4,7-10H2,1H3,(H2,17,18,19);1H. The molecular formula is C16H24IN3O2. The van der Waals surface area contributed by atoms with E-state index in [1.54, 1.807) is 7.05 Å². The number of guanidine groups is 1. The smallest absolute Gasteiger partial charge is 0.195 e. The molecule has 0 saturated heterocycles. The fourth-order valence-electron chi connectivity index (χ4n) is 2.36. The Morgan fingerprint density at radius 2 is 2.00 bits per heavy atom. The van der Waals surface area contributed by atoms with Crippen LogP contribution in [-0.4, -0.2) is 32.8 Å². The normalized spacial score (nSPS) is 17.2. The van der Waals surface area contributed by atoms with Gasteiger partial charge in [-0.2, -0.15) is 0 Å². The highest BCUT2D eigenvalue weighted by Gasteiger charge is 2.20. The lowest BCUT2D eigenvalue weighted by Crippen LogP contribution is -2.31. The maximum Gasteiger partial charge on any atom is 0.195 e. The fraction of sp³-hybridized carbons (Fsp3) is 0.562. The summed E-state index contributed by atoms with van der Waals surface area (Å²) in [4.78, 5) is 4.25. The number of nitrogens with zero attached hydrogens (tertiary/aromatic N) is 1. The van der Waals surface area contributed by atoms with Gasteiger partial charge in [-0.15, -0.1) is 24.0 Å². The third kappa shape index (κ3) is 4.93. The highest BCUT2D eigenvalue weighted by molar-refractivity contribution is 14.0. The van der Waals surface area contributed by atoms with Gasteiger partial charge >= 0.3 is 0 Å². The number of hydrogen-bond acceptors (Lipinski definition) is 3. The number of halogens is 1. The third-order valence-electron chi connectivity index (χ3n) is 3.78. The predicted molar refractivity (Wildman–Crippen MR) is 99.8 cm³/mol. The van der Waals surface area contributed by atoms with Gasteiger partial charge in [-0.1, -0.05) is 12.8 Å². The van der Waals surface area contributed by atoms with Gasteiger partial charge in [-0.3, -0.25) is 4.99 Å². The van der Waals surface area contributed by atoms with Crippen molar-refractivity contribution in [2.45, 2.75) is 25.7 Å². The molecule has 1 fully saturated rings. The van der Waals surface area contributed by atoms with E-state index in [1.807, 2.05) is 18.2 Å². The minimum atomic E-state index is 0. The van der Waals surface area contributed by atoms with Crippen molar-refractivity contribution in [1.82, 2.24) is 5.32 Å². The Hall–Kier alpha value is -1.18. The SMILES string of the molecule is CN=C(NCCC1CC1)Nc1ccc2c(c1)OCCCO2.I. The Kier molecular flexibility index (Phi) is 6.60. The first-order valence-electron chi connectivity index (χ1n) is 7.72. The molecule has 6 heteroatoms. The minimum Gasteiger partial charge on any atom is -0.490 e. The van der Waals surface area contributed by atoms with Crippen molar-refractivity contribution in [2.75, 3.05) is 32.1 Å². The zero-order chi connectivity index (χ0) is 14.5. The maximum absolute atomic E-state index is 5.70. The van der Waals surface area contributed by atoms with E-state index in [0.717, 1.165) is 42.0 Å². The highest BCUT2D eigenvalue weighted by Crippen LogP contribution is 2.32. The summed E-state index contributed by atoms with van der Waals surface area (Å²) in [6, 6.07) is 5.90. The van der Waals surface area contributed by atoms with Gasteiger partial charge in [-0.25, -0.2) is 0 Å². The average molecular weight is 417 g/mol. The summed E-state index contributed by atoms with van der Waals surface area (Å²) in [7, 11) is 1.79. The van der Waals surface area contributed by atoms with Crippen LogP contribution in [0.25, 0.3) is 0 Å². The summed E-state index contributed by atoms with van der Waals surface area (Å²) in [5, 5.41) is 6.65. The molecule has 0 atom stereocenters. The van der Waals surface area contributed by atoms with E-state index in [-0.39, 0.29) is 24.0 Å². The van der Waals surface area contributed by atoms with Gasteiger partial charge in [0.05, 0.1) is 13.2 Å². The number of benzene rings is 1. The van der Waals surface area contributed by atoms with Crippen molar-refractivity contribution in [3.8, 4) is 11.5 Å². The monoisotopic (exact) mass is 417 g/mol. The van der Waals surface area contributed by atoms with Gasteiger partial charge in [-0.05, 0) is 24.5 Å². The summed E-state index contributed by atoms with van der Waals surface area (Å²) in [5.74, 6) is 3.33. The van der Waals surface area contributed by atoms with E-state index in [0.29, 0.717) is 13.2 Å². The van der Waals surface area contributed by atoms with Crippen molar-refractivity contribution >= 4 is 35.6 Å². The first kappa shape index (κ1) is 17.2. The van der Waals surface area contributed by atoms with Crippen molar-refractivity contribution in [1.29, 1.82) is 0 Å². The van der Waals surface area contributed by atoms with Crippen LogP contribution in [-0.2, 0) is 0 Å². The van der Waals surface area contributed by atoms with Gasteiger partial charge in [0.1, 0.15) is 0 Å². The Morgan fingerprint density at radius 3 is 2.73 bits per heavy atom. The molecule has 2 N–H and O–H groups in total. The van der Waals surface area contributed by atoms with Crippen LogP contribution in [0, 0.1) is 5.92 Å². The molecule has 0 aromatic heterocycles. The molecule has 1 saturated carbocycles. The van der Waals surface area contributed by atoms with E-state index in [4.69, 9.17) is 9.47 Å². The molecule has 1 heterocycles. The van der Waals surface area contributed by atoms with Crippen LogP contribution in [0.4, 0.5) is 5.69 Å². The molecule has 0 spiro atoms. The lowest BCUT2D eigenvalue weighted by molar-refractivity contribution is 0.297. The van der Waals surface area contributed by atoms with E-state index in [2.05, 4.69) is 15.6 Å². The summed E-state index contributed by atoms with van der Waals surface area (Å²) in [5.41, 5.74) is 0.957. The molecule has 22 heavy (non-hydrogen) atoms. The molecule has 122 valence electrons. The lowest BCUT2D eigenvalue weighted by Gasteiger charge is -2.13. The number of fused-ring (bicyclic) bond motifs is 1. The van der Waals surface area contributed by atoms with Gasteiger partial charge in [0.2, 0.25) is 0 Å². The van der Waals surface area contributed by atoms with Gasteiger partial charge in [0, 0.05) is 31.8 Å². The number of ether oxygens (including phenoxy) is 2. The van der Waals surface area contributed by atoms with Crippen molar-refractivity contribution < 1.29 is 9.47 Å². The molecule has 0 radical (unpaired) electrons. The van der Waals surface area contributed by atoms with Crippen LogP contribution in [0.3, 0.4) is 0 Å². The van der Waals surface area contributed by atoms with E-state index in [1.165, 1.54) is 19.3 Å². The number of anilines is 1. The molecule has 1 aliphatic carbocycles. The Labute approximate surface area is 148 Å². The summed E-state index contributed by atoms with van der Waals surface area (Å²) in [6.45, 7) is 2.38. The van der Waals surface area contributed by atoms with Crippen LogP contribution in [0.1, 0.15) is 25.7 Å². The second-order valence-corrected chi connectivity index (χ2v) is 5.57. The second kappa shape index (κ2) is 8.45. The van der Waals surface area contributed by atoms with Crippen molar-refractivity contribution in [3.05, 3.63) is 18.2 Å². The van der Waals surface area contributed by atoms with Crippen LogP contribution < -0.4 is 20.1 Å². The third-order valence-corrected chi connectivity index (χ3v) is 3.78. The van der Waals surface area contributed by atoms with Crippen LogP contribution in [0.15, 0.2) is 23.2 Å². The van der Waals surface area contributed by atoms with Crippen LogP contribution in [0.2, 0.25) is 0 Å². The first-order valence-corrected chi connectivity index (χ1v) is 7.72. The quantitative estimate of drug-likeness (QED) is 0.449. The molecule has 1 aromatic carbocycles. The number of hydrogen-bond donors (Lipinski definition) is 2. The van der Waals surface area contributed by atoms with Crippen LogP contribution in [0.5, 0.6) is 11.5 Å². The zero-order valence-electron chi connectivity index (χ0n) is 12.9. The largest absolute Gasteiger partial charge is 0.490 e. The fourth-order valence-corrected chi connectivity index (χ4v) is 2.36. The number of nitrogens with one attached hydrogen (secondary N) is 2. The zero-order valence-corrected chi connectivity index (χ0v) is 15.3. The van der Waals surface area contributed by atoms with Crippen LogP contribution >= 0.6 is 24.0 Å². The molecule has 1 aromatic rings. The molecule has 5 nitrogen and oxygen atoms in total. The molecule has 3 rings (SSSR count). The molecule has 0 bridgehead atoms. The molecule has 2 aliphatic rings. The van der Waals surface area contributed by atoms with Gasteiger partial charge < -0.3 is 20.1 Å². The Morgan fingerprint density at radius 1 is 1.23 bits per heavy atom. The summed E-state index contributed by atoms with van der Waals surface area (Å²) >= 11 is 0. The highest BCUT2D eigenvalue weighted by atomic mass is 127. The summed E-state index contributed by atoms with van der Waals surface area (Å²) < 4.78 is 11.3. The molecule has 1 aliphatic heterocycles. The topological polar surface area (TPSA) is 54.9 Å².